The normalized spacial score (nSPS) is 51.5. The lowest BCUT2D eigenvalue weighted by atomic mass is 9.46. The van der Waals surface area contributed by atoms with Crippen molar-refractivity contribution >= 4 is 17.9 Å². The molecule has 8 rings (SSSR count). The summed E-state index contributed by atoms with van der Waals surface area (Å²) in [6.07, 6.45) is -6.93. The maximum Gasteiger partial charge on any atom is 0.334 e. The Balaban J connectivity index is 0.965. The molecule has 2 saturated carbocycles. The molecule has 14 heteroatoms. The molecular weight excluding hydrogens is 596 g/mol. The number of carbonyl (C=O) groups excluding carboxylic acids is 3. The zero-order chi connectivity index (χ0) is 31.8. The minimum Gasteiger partial charge on any atom is -0.463 e. The number of ether oxygens (including phenoxy) is 8. The molecule has 3 aliphatic carbocycles. The van der Waals surface area contributed by atoms with Crippen LogP contribution in [0.3, 0.4) is 0 Å². The number of hydrogen-bond acceptors (Lipinski definition) is 14. The van der Waals surface area contributed by atoms with Crippen LogP contribution in [0.25, 0.3) is 0 Å². The van der Waals surface area contributed by atoms with Gasteiger partial charge in [-0.25, -0.2) is 4.79 Å². The molecule has 0 amide bonds. The number of aliphatic hydroxyl groups is 3. The third kappa shape index (κ3) is 3.71. The summed E-state index contributed by atoms with van der Waals surface area (Å²) in [7, 11) is 1.27. The van der Waals surface area contributed by atoms with Crippen molar-refractivity contribution in [3.63, 3.8) is 0 Å². The number of epoxide rings is 3. The average molecular weight is 637 g/mol. The van der Waals surface area contributed by atoms with Crippen LogP contribution >= 0.6 is 0 Å². The van der Waals surface area contributed by atoms with Crippen molar-refractivity contribution in [3.05, 3.63) is 11.1 Å². The van der Waals surface area contributed by atoms with Gasteiger partial charge in [-0.05, 0) is 36.7 Å². The Morgan fingerprint density at radius 3 is 2.51 bits per heavy atom. The lowest BCUT2D eigenvalue weighted by molar-refractivity contribution is -0.295. The molecule has 248 valence electrons. The maximum atomic E-state index is 13.4. The SMILES string of the molecule is CO[C@H]1OC(COC(=O)CCC(=O)O[C@@H]2[C@@]3(C(C)C)O[C@H]3[C@@H]3O[C@@]34[C@@]3(C)CCC5=C(COC5=O)[C@@H]3CC3O[C@]324)[C@@H](O)C(O)[C@@H]1O. The van der Waals surface area contributed by atoms with Gasteiger partial charge >= 0.3 is 17.9 Å². The van der Waals surface area contributed by atoms with Crippen LogP contribution < -0.4 is 0 Å². The van der Waals surface area contributed by atoms with Gasteiger partial charge in [-0.3, -0.25) is 9.59 Å². The number of methoxy groups -OCH3 is 1. The van der Waals surface area contributed by atoms with Gasteiger partial charge in [-0.2, -0.15) is 0 Å². The topological polar surface area (TPSA) is 196 Å². The summed E-state index contributed by atoms with van der Waals surface area (Å²) in [4.78, 5) is 38.4. The molecule has 0 radical (unpaired) electrons. The van der Waals surface area contributed by atoms with Crippen LogP contribution in [0, 0.1) is 17.3 Å². The second-order valence-corrected chi connectivity index (χ2v) is 14.3. The molecule has 3 N–H and O–H groups in total. The van der Waals surface area contributed by atoms with E-state index in [1.807, 2.05) is 13.8 Å². The van der Waals surface area contributed by atoms with Crippen molar-refractivity contribution < 1.29 is 67.6 Å². The number of cyclic esters (lactones) is 1. The summed E-state index contributed by atoms with van der Waals surface area (Å²) >= 11 is 0. The first-order valence-electron chi connectivity index (χ1n) is 15.9. The van der Waals surface area contributed by atoms with Gasteiger partial charge < -0.3 is 53.2 Å². The molecule has 4 saturated heterocycles. The predicted molar refractivity (Wildman–Crippen MR) is 145 cm³/mol. The van der Waals surface area contributed by atoms with Crippen LogP contribution in [0.2, 0.25) is 0 Å². The maximum absolute atomic E-state index is 13.4. The summed E-state index contributed by atoms with van der Waals surface area (Å²) < 4.78 is 47.0. The van der Waals surface area contributed by atoms with E-state index in [1.54, 1.807) is 0 Å². The lowest BCUT2D eigenvalue weighted by Gasteiger charge is -2.53. The molecule has 0 aromatic heterocycles. The quantitative estimate of drug-likeness (QED) is 0.174. The first kappa shape index (κ1) is 30.2. The van der Waals surface area contributed by atoms with Crippen molar-refractivity contribution in [3.8, 4) is 0 Å². The van der Waals surface area contributed by atoms with Gasteiger partial charge in [0, 0.05) is 18.1 Å². The third-order valence-corrected chi connectivity index (χ3v) is 12.2. The molecule has 6 fully saturated rings. The highest BCUT2D eigenvalue weighted by Crippen LogP contribution is 2.83. The van der Waals surface area contributed by atoms with Crippen molar-refractivity contribution in [2.24, 2.45) is 17.3 Å². The van der Waals surface area contributed by atoms with E-state index in [9.17, 15) is 29.7 Å². The first-order chi connectivity index (χ1) is 21.4. The average Bonchev–Trinajstić information content (AvgIpc) is 3.93. The van der Waals surface area contributed by atoms with Crippen molar-refractivity contribution in [2.75, 3.05) is 20.3 Å². The molecule has 14 atom stereocenters. The molecule has 14 nitrogen and oxygen atoms in total. The van der Waals surface area contributed by atoms with Crippen molar-refractivity contribution in [2.45, 2.75) is 125 Å². The van der Waals surface area contributed by atoms with E-state index < -0.39 is 72.2 Å². The van der Waals surface area contributed by atoms with E-state index in [0.29, 0.717) is 25.9 Å². The molecular formula is C31H40O14. The summed E-state index contributed by atoms with van der Waals surface area (Å²) in [6.45, 7) is 6.13. The fourth-order valence-corrected chi connectivity index (χ4v) is 9.73. The molecule has 3 unspecified atom stereocenters. The minimum atomic E-state index is -1.55. The fraction of sp³-hybridized carbons (Fsp3) is 0.839. The highest BCUT2D eigenvalue weighted by Gasteiger charge is 3.01. The van der Waals surface area contributed by atoms with Crippen LogP contribution in [0.4, 0.5) is 0 Å². The Kier molecular flexibility index (Phi) is 6.50. The van der Waals surface area contributed by atoms with Gasteiger partial charge in [0.25, 0.3) is 0 Å². The Morgan fingerprint density at radius 2 is 1.78 bits per heavy atom. The van der Waals surface area contributed by atoms with Gasteiger partial charge in [0.2, 0.25) is 0 Å². The van der Waals surface area contributed by atoms with E-state index in [-0.39, 0.29) is 54.4 Å². The van der Waals surface area contributed by atoms with Crippen LogP contribution in [0.15, 0.2) is 11.1 Å². The Hall–Kier alpha value is -2.17. The van der Waals surface area contributed by atoms with Crippen LogP contribution in [0.1, 0.15) is 52.9 Å². The van der Waals surface area contributed by atoms with E-state index in [4.69, 9.17) is 37.9 Å². The van der Waals surface area contributed by atoms with Gasteiger partial charge in [0.1, 0.15) is 61.0 Å². The van der Waals surface area contributed by atoms with Gasteiger partial charge in [-0.1, -0.05) is 20.8 Å². The largest absolute Gasteiger partial charge is 0.463 e. The number of rotatable bonds is 8. The first-order valence-corrected chi connectivity index (χ1v) is 15.9. The molecule has 0 bridgehead atoms. The van der Waals surface area contributed by atoms with E-state index in [0.717, 1.165) is 11.1 Å². The van der Waals surface area contributed by atoms with E-state index in [1.165, 1.54) is 7.11 Å². The summed E-state index contributed by atoms with van der Waals surface area (Å²) in [5.74, 6) is -1.53. The molecule has 2 spiro atoms. The number of hydrogen-bond donors (Lipinski definition) is 3. The second-order valence-electron chi connectivity index (χ2n) is 14.3. The zero-order valence-electron chi connectivity index (χ0n) is 25.6. The number of carbonyl (C=O) groups is 3. The number of esters is 3. The summed E-state index contributed by atoms with van der Waals surface area (Å²) in [5.41, 5.74) is -0.961. The minimum absolute atomic E-state index is 0.00884. The molecule has 0 aromatic rings. The van der Waals surface area contributed by atoms with Gasteiger partial charge in [0.15, 0.2) is 18.0 Å². The van der Waals surface area contributed by atoms with Crippen molar-refractivity contribution in [1.82, 2.24) is 0 Å². The molecule has 5 heterocycles. The molecule has 45 heavy (non-hydrogen) atoms. The third-order valence-electron chi connectivity index (χ3n) is 12.2. The Labute approximate surface area is 259 Å². The Bertz CT molecular complexity index is 1360. The molecule has 8 aliphatic rings. The fourth-order valence-electron chi connectivity index (χ4n) is 9.73. The van der Waals surface area contributed by atoms with Crippen LogP contribution in [-0.4, -0.2) is 125 Å². The molecule has 5 aliphatic heterocycles. The van der Waals surface area contributed by atoms with Crippen LogP contribution in [0.5, 0.6) is 0 Å². The van der Waals surface area contributed by atoms with E-state index in [2.05, 4.69) is 6.92 Å². The standard InChI is InChI=1S/C31H40O14/c1-12(2)29-23(44-29)24-31(45-24)28(3)8-7-13-14(10-40-25(13)37)15(28)9-17-30(31,43-17)27(29)42-19(33)6-5-18(32)39-11-16-20(34)21(35)22(36)26(38-4)41-16/h12,15-17,20-24,26-27,34-36H,5-11H2,1-4H3/t15-,16?,17?,20+,21?,22-,23-,24-,26-,27+,28-,29-,30+,31+/m0/s1. The highest BCUT2D eigenvalue weighted by molar-refractivity contribution is 5.92. The number of fused-ring (bicyclic) bond motifs is 4. The van der Waals surface area contributed by atoms with Gasteiger partial charge in [0.05, 0.1) is 18.9 Å². The molecule has 0 aromatic carbocycles. The zero-order valence-corrected chi connectivity index (χ0v) is 25.6. The van der Waals surface area contributed by atoms with E-state index >= 15 is 0 Å². The Morgan fingerprint density at radius 1 is 1.02 bits per heavy atom. The smallest absolute Gasteiger partial charge is 0.334 e. The summed E-state index contributed by atoms with van der Waals surface area (Å²) in [6, 6.07) is 0. The highest BCUT2D eigenvalue weighted by atomic mass is 16.8. The van der Waals surface area contributed by atoms with Crippen molar-refractivity contribution in [1.29, 1.82) is 0 Å². The van der Waals surface area contributed by atoms with Gasteiger partial charge in [-0.15, -0.1) is 0 Å². The monoisotopic (exact) mass is 636 g/mol. The van der Waals surface area contributed by atoms with Crippen LogP contribution in [-0.2, 0) is 52.3 Å². The predicted octanol–water partition coefficient (Wildman–Crippen LogP) is -0.569. The number of aliphatic hydroxyl groups excluding tert-OH is 3. The lowest BCUT2D eigenvalue weighted by Crippen LogP contribution is -2.70. The summed E-state index contributed by atoms with van der Waals surface area (Å²) in [5, 5.41) is 30.2. The second kappa shape index (κ2) is 9.69.